The van der Waals surface area contributed by atoms with Gasteiger partial charge in [-0.3, -0.25) is 4.79 Å². The number of benzene rings is 1. The summed E-state index contributed by atoms with van der Waals surface area (Å²) in [6, 6.07) is 9.84. The van der Waals surface area contributed by atoms with Gasteiger partial charge in [0.05, 0.1) is 12.6 Å². The Morgan fingerprint density at radius 2 is 2.07 bits per heavy atom. The molecule has 0 saturated carbocycles. The van der Waals surface area contributed by atoms with Gasteiger partial charge < -0.3 is 10.0 Å². The smallest absolute Gasteiger partial charge is 0.223 e. The van der Waals surface area contributed by atoms with Crippen LogP contribution in [0.1, 0.15) is 17.9 Å². The van der Waals surface area contributed by atoms with E-state index in [4.69, 9.17) is 0 Å². The summed E-state index contributed by atoms with van der Waals surface area (Å²) in [5, 5.41) is 9.29. The Bertz CT molecular complexity index is 350. The lowest BCUT2D eigenvalue weighted by Gasteiger charge is -2.22. The number of nitrogens with zero attached hydrogens (tertiary/aromatic N) is 1. The van der Waals surface area contributed by atoms with E-state index in [2.05, 4.69) is 0 Å². The maximum Gasteiger partial charge on any atom is 0.223 e. The number of hydrogen-bond donors (Lipinski definition) is 1. The lowest BCUT2D eigenvalue weighted by Crippen LogP contribution is -2.33. The van der Waals surface area contributed by atoms with Crippen molar-refractivity contribution in [3.63, 3.8) is 0 Å². The highest BCUT2D eigenvalue weighted by molar-refractivity contribution is 5.80. The van der Waals surface area contributed by atoms with Crippen molar-refractivity contribution >= 4 is 5.91 Å². The molecule has 1 N–H and O–H groups in total. The first-order chi connectivity index (χ1) is 7.24. The normalized spacial score (nSPS) is 26.0. The molecular formula is C12H15NO2. The average molecular weight is 205 g/mol. The van der Waals surface area contributed by atoms with Gasteiger partial charge in [-0.05, 0) is 5.56 Å². The molecule has 1 amide bonds. The summed E-state index contributed by atoms with van der Waals surface area (Å²) in [4.78, 5) is 13.2. The van der Waals surface area contributed by atoms with Crippen LogP contribution in [0.15, 0.2) is 30.3 Å². The Morgan fingerprint density at radius 1 is 1.40 bits per heavy atom. The van der Waals surface area contributed by atoms with E-state index in [9.17, 15) is 9.90 Å². The summed E-state index contributed by atoms with van der Waals surface area (Å²) in [5.74, 6) is 0.247. The molecule has 0 bridgehead atoms. The lowest BCUT2D eigenvalue weighted by molar-refractivity contribution is -0.128. The quantitative estimate of drug-likeness (QED) is 0.782. The number of aliphatic hydroxyl groups is 1. The van der Waals surface area contributed by atoms with Crippen molar-refractivity contribution in [1.29, 1.82) is 0 Å². The van der Waals surface area contributed by atoms with E-state index in [-0.39, 0.29) is 24.5 Å². The first-order valence-corrected chi connectivity index (χ1v) is 5.15. The summed E-state index contributed by atoms with van der Waals surface area (Å²) in [5.41, 5.74) is 1.13. The molecular weight excluding hydrogens is 190 g/mol. The molecule has 0 radical (unpaired) electrons. The predicted molar refractivity (Wildman–Crippen MR) is 57.4 cm³/mol. The van der Waals surface area contributed by atoms with Crippen molar-refractivity contribution in [2.75, 3.05) is 13.7 Å². The minimum Gasteiger partial charge on any atom is -0.394 e. The largest absolute Gasteiger partial charge is 0.394 e. The number of aliphatic hydroxyl groups excluding tert-OH is 1. The van der Waals surface area contributed by atoms with Crippen LogP contribution < -0.4 is 0 Å². The van der Waals surface area contributed by atoms with E-state index in [0.29, 0.717) is 6.42 Å². The molecule has 1 aromatic carbocycles. The number of hydrogen-bond acceptors (Lipinski definition) is 2. The number of rotatable bonds is 2. The topological polar surface area (TPSA) is 40.5 Å². The van der Waals surface area contributed by atoms with Crippen molar-refractivity contribution in [3.8, 4) is 0 Å². The molecule has 1 aliphatic rings. The Morgan fingerprint density at radius 3 is 2.67 bits per heavy atom. The van der Waals surface area contributed by atoms with E-state index in [1.807, 2.05) is 30.3 Å². The molecule has 1 aromatic rings. The highest BCUT2D eigenvalue weighted by atomic mass is 16.3. The number of likely N-dealkylation sites (N-methyl/N-ethyl adjacent to an activating group) is 1. The first-order valence-electron chi connectivity index (χ1n) is 5.15. The molecule has 0 aromatic heterocycles. The van der Waals surface area contributed by atoms with Crippen molar-refractivity contribution in [2.45, 2.75) is 18.4 Å². The molecule has 0 aliphatic carbocycles. The zero-order valence-corrected chi connectivity index (χ0v) is 8.76. The lowest BCUT2D eigenvalue weighted by atomic mass is 9.92. The van der Waals surface area contributed by atoms with E-state index in [1.165, 1.54) is 0 Å². The van der Waals surface area contributed by atoms with Gasteiger partial charge in [-0.15, -0.1) is 0 Å². The predicted octanol–water partition coefficient (Wildman–Crippen LogP) is 0.993. The molecule has 15 heavy (non-hydrogen) atoms. The van der Waals surface area contributed by atoms with Crippen molar-refractivity contribution in [1.82, 2.24) is 4.90 Å². The summed E-state index contributed by atoms with van der Waals surface area (Å²) in [6.45, 7) is 0.0296. The first kappa shape index (κ1) is 10.2. The van der Waals surface area contributed by atoms with Crippen molar-refractivity contribution in [3.05, 3.63) is 35.9 Å². The molecule has 1 unspecified atom stereocenters. The van der Waals surface area contributed by atoms with Gasteiger partial charge in [0, 0.05) is 19.4 Å². The summed E-state index contributed by atoms with van der Waals surface area (Å²) < 4.78 is 0. The standard InChI is InChI=1S/C12H15NO2/c1-13-11(8-14)10(7-12(13)15)9-5-3-2-4-6-9/h2-6,10-11,14H,7-8H2,1H3/t10?,11-/m0/s1. The van der Waals surface area contributed by atoms with Crippen LogP contribution in [-0.4, -0.2) is 35.6 Å². The maximum absolute atomic E-state index is 11.5. The highest BCUT2D eigenvalue weighted by Crippen LogP contribution is 2.32. The molecule has 3 heteroatoms. The van der Waals surface area contributed by atoms with Gasteiger partial charge >= 0.3 is 0 Å². The van der Waals surface area contributed by atoms with Gasteiger partial charge in [-0.25, -0.2) is 0 Å². The third-order valence-corrected chi connectivity index (χ3v) is 3.16. The van der Waals surface area contributed by atoms with Gasteiger partial charge in [0.25, 0.3) is 0 Å². The Labute approximate surface area is 89.3 Å². The van der Waals surface area contributed by atoms with Crippen LogP contribution in [0.5, 0.6) is 0 Å². The molecule has 1 saturated heterocycles. The fourth-order valence-corrected chi connectivity index (χ4v) is 2.21. The molecule has 0 spiro atoms. The van der Waals surface area contributed by atoms with Crippen LogP contribution in [0.25, 0.3) is 0 Å². The van der Waals surface area contributed by atoms with E-state index < -0.39 is 0 Å². The molecule has 1 aliphatic heterocycles. The molecule has 2 rings (SSSR count). The molecule has 2 atom stereocenters. The second-order valence-electron chi connectivity index (χ2n) is 3.98. The van der Waals surface area contributed by atoms with E-state index in [0.717, 1.165) is 5.56 Å². The molecule has 1 fully saturated rings. The zero-order valence-electron chi connectivity index (χ0n) is 8.76. The van der Waals surface area contributed by atoms with Gasteiger partial charge in [-0.1, -0.05) is 30.3 Å². The number of amides is 1. The Hall–Kier alpha value is -1.35. The van der Waals surface area contributed by atoms with Crippen LogP contribution in [0.4, 0.5) is 0 Å². The van der Waals surface area contributed by atoms with Gasteiger partial charge in [0.2, 0.25) is 5.91 Å². The second kappa shape index (κ2) is 4.03. The zero-order chi connectivity index (χ0) is 10.8. The second-order valence-corrected chi connectivity index (χ2v) is 3.98. The number of carbonyl (C=O) groups excluding carboxylic acids is 1. The summed E-state index contributed by atoms with van der Waals surface area (Å²) in [6.07, 6.45) is 0.506. The van der Waals surface area contributed by atoms with Crippen LogP contribution in [0, 0.1) is 0 Å². The van der Waals surface area contributed by atoms with E-state index >= 15 is 0 Å². The third-order valence-electron chi connectivity index (χ3n) is 3.16. The SMILES string of the molecule is CN1C(=O)CC(c2ccccc2)[C@@H]1CO. The minimum absolute atomic E-state index is 0.0296. The van der Waals surface area contributed by atoms with Crippen LogP contribution in [0.2, 0.25) is 0 Å². The van der Waals surface area contributed by atoms with Crippen molar-refractivity contribution < 1.29 is 9.90 Å². The number of carbonyl (C=O) groups is 1. The molecule has 3 nitrogen and oxygen atoms in total. The average Bonchev–Trinajstić information content (AvgIpc) is 2.56. The van der Waals surface area contributed by atoms with Crippen LogP contribution in [0.3, 0.4) is 0 Å². The maximum atomic E-state index is 11.5. The Balaban J connectivity index is 2.27. The van der Waals surface area contributed by atoms with Crippen LogP contribution in [-0.2, 0) is 4.79 Å². The van der Waals surface area contributed by atoms with Gasteiger partial charge in [0.1, 0.15) is 0 Å². The molecule has 1 heterocycles. The van der Waals surface area contributed by atoms with Gasteiger partial charge in [0.15, 0.2) is 0 Å². The highest BCUT2D eigenvalue weighted by Gasteiger charge is 2.37. The third kappa shape index (κ3) is 1.75. The Kier molecular flexibility index (Phi) is 2.73. The monoisotopic (exact) mass is 205 g/mol. The van der Waals surface area contributed by atoms with Crippen molar-refractivity contribution in [2.24, 2.45) is 0 Å². The fourth-order valence-electron chi connectivity index (χ4n) is 2.21. The van der Waals surface area contributed by atoms with Gasteiger partial charge in [-0.2, -0.15) is 0 Å². The number of likely N-dealkylation sites (tertiary alicyclic amines) is 1. The van der Waals surface area contributed by atoms with Crippen LogP contribution >= 0.6 is 0 Å². The summed E-state index contributed by atoms with van der Waals surface area (Å²) >= 11 is 0. The van der Waals surface area contributed by atoms with E-state index in [1.54, 1.807) is 11.9 Å². The fraction of sp³-hybridized carbons (Fsp3) is 0.417. The summed E-state index contributed by atoms with van der Waals surface area (Å²) in [7, 11) is 1.76. The minimum atomic E-state index is -0.0695. The molecule has 80 valence electrons.